The molecule has 0 amide bonds. The van der Waals surface area contributed by atoms with E-state index in [0.29, 0.717) is 23.4 Å². The summed E-state index contributed by atoms with van der Waals surface area (Å²) in [5.41, 5.74) is 1.01. The van der Waals surface area contributed by atoms with Gasteiger partial charge in [-0.25, -0.2) is 9.78 Å². The lowest BCUT2D eigenvalue weighted by molar-refractivity contribution is 0.317. The van der Waals surface area contributed by atoms with E-state index in [9.17, 15) is 4.79 Å². The van der Waals surface area contributed by atoms with Crippen LogP contribution >= 0.6 is 0 Å². The van der Waals surface area contributed by atoms with Crippen LogP contribution in [0.15, 0.2) is 57.7 Å². The first kappa shape index (κ1) is 13.4. The van der Waals surface area contributed by atoms with Crippen molar-refractivity contribution in [2.45, 2.75) is 13.3 Å². The number of fused-ring (bicyclic) bond motifs is 1. The molecule has 2 aromatic carbocycles. The summed E-state index contributed by atoms with van der Waals surface area (Å²) in [5, 5.41) is 0.490. The highest BCUT2D eigenvalue weighted by molar-refractivity contribution is 5.78. The Bertz CT molecular complexity index is 806. The Balaban J connectivity index is 1.98. The molecule has 0 radical (unpaired) electrons. The lowest BCUT2D eigenvalue weighted by atomic mass is 10.2. The minimum absolute atomic E-state index is 0.320. The Labute approximate surface area is 122 Å². The maximum Gasteiger partial charge on any atom is 0.347 e. The van der Waals surface area contributed by atoms with Gasteiger partial charge in [0.15, 0.2) is 0 Å². The molecule has 1 heterocycles. The van der Waals surface area contributed by atoms with Crippen LogP contribution in [0.5, 0.6) is 5.75 Å². The molecule has 0 spiro atoms. The van der Waals surface area contributed by atoms with Crippen LogP contribution in [0.2, 0.25) is 0 Å². The van der Waals surface area contributed by atoms with E-state index in [1.54, 1.807) is 18.2 Å². The van der Waals surface area contributed by atoms with Gasteiger partial charge in [-0.3, -0.25) is 0 Å². The topological polar surface area (TPSA) is 52.3 Å². The van der Waals surface area contributed by atoms with E-state index < -0.39 is 0 Å². The number of aromatic nitrogens is 1. The van der Waals surface area contributed by atoms with Gasteiger partial charge in [-0.1, -0.05) is 19.1 Å². The fourth-order valence-electron chi connectivity index (χ4n) is 2.06. The summed E-state index contributed by atoms with van der Waals surface area (Å²) in [6.45, 7) is 2.74. The smallest absolute Gasteiger partial charge is 0.347 e. The molecule has 0 N–H and O–H groups in total. The Morgan fingerprint density at radius 3 is 2.62 bits per heavy atom. The molecule has 1 aromatic heterocycles. The fourth-order valence-corrected chi connectivity index (χ4v) is 2.06. The predicted molar refractivity (Wildman–Crippen MR) is 81.5 cm³/mol. The van der Waals surface area contributed by atoms with Crippen molar-refractivity contribution in [1.82, 2.24) is 4.98 Å². The Kier molecular flexibility index (Phi) is 3.69. The summed E-state index contributed by atoms with van der Waals surface area (Å²) in [6, 6.07) is 14.5. The number of para-hydroxylation sites is 1. The van der Waals surface area contributed by atoms with Crippen LogP contribution in [-0.2, 0) is 0 Å². The highest BCUT2D eigenvalue weighted by Crippen LogP contribution is 2.21. The van der Waals surface area contributed by atoms with Gasteiger partial charge < -0.3 is 9.15 Å². The van der Waals surface area contributed by atoms with Gasteiger partial charge in [0.05, 0.1) is 17.5 Å². The number of nitrogens with zero attached hydrogens (tertiary/aromatic N) is 1. The lowest BCUT2D eigenvalue weighted by Gasteiger charge is -2.05. The van der Waals surface area contributed by atoms with E-state index in [2.05, 4.69) is 11.9 Å². The van der Waals surface area contributed by atoms with Crippen molar-refractivity contribution < 1.29 is 9.15 Å². The Hall–Kier alpha value is -2.62. The third-order valence-corrected chi connectivity index (χ3v) is 3.11. The summed E-state index contributed by atoms with van der Waals surface area (Å²) in [4.78, 5) is 16.3. The first-order valence-electron chi connectivity index (χ1n) is 6.91. The molecule has 0 saturated carbocycles. The van der Waals surface area contributed by atoms with Gasteiger partial charge in [0.1, 0.15) is 5.75 Å². The van der Waals surface area contributed by atoms with Crippen molar-refractivity contribution in [2.75, 3.05) is 6.61 Å². The summed E-state index contributed by atoms with van der Waals surface area (Å²) in [5.74, 6) is 1.12. The molecule has 3 rings (SSSR count). The minimum atomic E-state index is -0.373. The number of hydrogen-bond acceptors (Lipinski definition) is 4. The lowest BCUT2D eigenvalue weighted by Crippen LogP contribution is -2.02. The molecule has 3 aromatic rings. The Morgan fingerprint density at radius 2 is 1.86 bits per heavy atom. The highest BCUT2D eigenvalue weighted by atomic mass is 16.5. The molecule has 0 bridgehead atoms. The maximum atomic E-state index is 11.9. The fraction of sp³-hybridized carbons (Fsp3) is 0.176. The normalized spacial score (nSPS) is 10.7. The van der Waals surface area contributed by atoms with Gasteiger partial charge in [0, 0.05) is 5.56 Å². The molecular formula is C17H15NO3. The molecule has 0 atom stereocenters. The predicted octanol–water partition coefficient (Wildman–Crippen LogP) is 3.64. The van der Waals surface area contributed by atoms with E-state index in [1.165, 1.54) is 0 Å². The second-order valence-electron chi connectivity index (χ2n) is 4.70. The van der Waals surface area contributed by atoms with Crippen molar-refractivity contribution in [3.63, 3.8) is 0 Å². The second kappa shape index (κ2) is 5.79. The van der Waals surface area contributed by atoms with E-state index in [-0.39, 0.29) is 5.63 Å². The maximum absolute atomic E-state index is 11.9. The van der Waals surface area contributed by atoms with E-state index in [4.69, 9.17) is 9.15 Å². The molecule has 21 heavy (non-hydrogen) atoms. The average Bonchev–Trinajstić information content (AvgIpc) is 2.53. The van der Waals surface area contributed by atoms with E-state index in [0.717, 1.165) is 17.7 Å². The molecule has 0 aliphatic heterocycles. The van der Waals surface area contributed by atoms with E-state index >= 15 is 0 Å². The SMILES string of the molecule is CCCOc1ccc(-c2nc3ccccc3c(=O)o2)cc1. The van der Waals surface area contributed by atoms with Crippen molar-refractivity contribution in [3.05, 3.63) is 59.0 Å². The molecule has 0 aliphatic rings. The standard InChI is InChI=1S/C17H15NO3/c1-2-11-20-13-9-7-12(8-10-13)16-18-15-6-4-3-5-14(15)17(19)21-16/h3-10H,2,11H2,1H3. The average molecular weight is 281 g/mol. The molecule has 0 aliphatic carbocycles. The summed E-state index contributed by atoms with van der Waals surface area (Å²) in [6.07, 6.45) is 0.961. The Morgan fingerprint density at radius 1 is 1.10 bits per heavy atom. The largest absolute Gasteiger partial charge is 0.494 e. The van der Waals surface area contributed by atoms with Crippen molar-refractivity contribution in [2.24, 2.45) is 0 Å². The zero-order valence-corrected chi connectivity index (χ0v) is 11.7. The van der Waals surface area contributed by atoms with Crippen LogP contribution in [0.25, 0.3) is 22.4 Å². The quantitative estimate of drug-likeness (QED) is 0.732. The van der Waals surface area contributed by atoms with Crippen LogP contribution in [-0.4, -0.2) is 11.6 Å². The van der Waals surface area contributed by atoms with Crippen LogP contribution < -0.4 is 10.4 Å². The molecule has 4 nitrogen and oxygen atoms in total. The zero-order valence-electron chi connectivity index (χ0n) is 11.7. The monoisotopic (exact) mass is 281 g/mol. The van der Waals surface area contributed by atoms with Gasteiger partial charge >= 0.3 is 5.63 Å². The highest BCUT2D eigenvalue weighted by Gasteiger charge is 2.08. The first-order chi connectivity index (χ1) is 10.3. The van der Waals surface area contributed by atoms with Crippen molar-refractivity contribution in [1.29, 1.82) is 0 Å². The molecule has 106 valence electrons. The second-order valence-corrected chi connectivity index (χ2v) is 4.70. The van der Waals surface area contributed by atoms with Crippen LogP contribution in [0.3, 0.4) is 0 Å². The molecule has 0 saturated heterocycles. The minimum Gasteiger partial charge on any atom is -0.494 e. The summed E-state index contributed by atoms with van der Waals surface area (Å²) >= 11 is 0. The molecule has 0 unspecified atom stereocenters. The van der Waals surface area contributed by atoms with Crippen molar-refractivity contribution >= 4 is 10.9 Å². The molecule has 0 fully saturated rings. The number of rotatable bonds is 4. The van der Waals surface area contributed by atoms with Crippen molar-refractivity contribution in [3.8, 4) is 17.2 Å². The number of hydrogen-bond donors (Lipinski definition) is 0. The van der Waals surface area contributed by atoms with Crippen LogP contribution in [0, 0.1) is 0 Å². The zero-order chi connectivity index (χ0) is 14.7. The van der Waals surface area contributed by atoms with E-state index in [1.807, 2.05) is 30.3 Å². The third-order valence-electron chi connectivity index (χ3n) is 3.11. The van der Waals surface area contributed by atoms with Gasteiger partial charge in [0.2, 0.25) is 5.89 Å². The molecular weight excluding hydrogens is 266 g/mol. The number of ether oxygens (including phenoxy) is 1. The van der Waals surface area contributed by atoms with Gasteiger partial charge in [0.25, 0.3) is 0 Å². The third kappa shape index (κ3) is 2.79. The van der Waals surface area contributed by atoms with Gasteiger partial charge in [-0.2, -0.15) is 0 Å². The van der Waals surface area contributed by atoms with Crippen LogP contribution in [0.1, 0.15) is 13.3 Å². The van der Waals surface area contributed by atoms with Gasteiger partial charge in [-0.15, -0.1) is 0 Å². The molecule has 4 heteroatoms. The number of benzene rings is 2. The first-order valence-corrected chi connectivity index (χ1v) is 6.91. The van der Waals surface area contributed by atoms with Crippen LogP contribution in [0.4, 0.5) is 0 Å². The van der Waals surface area contributed by atoms with Gasteiger partial charge in [-0.05, 0) is 42.8 Å². The summed E-state index contributed by atoms with van der Waals surface area (Å²) in [7, 11) is 0. The summed E-state index contributed by atoms with van der Waals surface area (Å²) < 4.78 is 10.8.